The van der Waals surface area contributed by atoms with E-state index in [4.69, 9.17) is 14.2 Å². The van der Waals surface area contributed by atoms with Gasteiger partial charge in [0.15, 0.2) is 0 Å². The smallest absolute Gasteiger partial charge is 0.338 e. The van der Waals surface area contributed by atoms with E-state index in [1.165, 1.54) is 0 Å². The summed E-state index contributed by atoms with van der Waals surface area (Å²) >= 11 is 0. The molecule has 2 heterocycles. The summed E-state index contributed by atoms with van der Waals surface area (Å²) in [6, 6.07) is 6.36. The lowest BCUT2D eigenvalue weighted by Gasteiger charge is -2.29. The van der Waals surface area contributed by atoms with Crippen LogP contribution in [0.5, 0.6) is 5.75 Å². The van der Waals surface area contributed by atoms with Crippen molar-refractivity contribution in [1.29, 1.82) is 0 Å². The molecule has 27 heavy (non-hydrogen) atoms. The Bertz CT molecular complexity index is 738. The molecule has 3 rings (SSSR count). The molecule has 0 bridgehead atoms. The molecule has 1 aromatic rings. The second-order valence-corrected chi connectivity index (χ2v) is 7.01. The summed E-state index contributed by atoms with van der Waals surface area (Å²) in [6.07, 6.45) is 1.76. The number of carbonyl (C=O) groups excluding carboxylic acids is 2. The molecule has 0 unspecified atom stereocenters. The highest BCUT2D eigenvalue weighted by atomic mass is 16.6. The summed E-state index contributed by atoms with van der Waals surface area (Å²) < 4.78 is 16.9. The van der Waals surface area contributed by atoms with Crippen LogP contribution in [-0.2, 0) is 14.3 Å². The van der Waals surface area contributed by atoms with Crippen molar-refractivity contribution < 1.29 is 23.8 Å². The minimum atomic E-state index is -0.648. The fourth-order valence-corrected chi connectivity index (χ4v) is 3.30. The van der Waals surface area contributed by atoms with E-state index in [1.807, 2.05) is 38.1 Å². The molecule has 1 fully saturated rings. The highest BCUT2D eigenvalue weighted by Gasteiger charge is 2.34. The van der Waals surface area contributed by atoms with E-state index in [-0.39, 0.29) is 24.8 Å². The lowest BCUT2D eigenvalue weighted by atomic mass is 9.95. The molecule has 1 saturated heterocycles. The van der Waals surface area contributed by atoms with Gasteiger partial charge in [0.1, 0.15) is 12.4 Å². The molecule has 146 valence electrons. The first-order valence-electron chi connectivity index (χ1n) is 9.28. The number of carbonyl (C=O) groups is 2. The van der Waals surface area contributed by atoms with Crippen LogP contribution in [0.3, 0.4) is 0 Å². The number of rotatable bonds is 6. The predicted octanol–water partition coefficient (Wildman–Crippen LogP) is 2.82. The van der Waals surface area contributed by atoms with Gasteiger partial charge < -0.3 is 24.8 Å². The number of benzene rings is 1. The Morgan fingerprint density at radius 1 is 1.33 bits per heavy atom. The number of ether oxygens (including phenoxy) is 3. The first-order valence-corrected chi connectivity index (χ1v) is 9.28. The molecule has 1 aromatic carbocycles. The molecule has 0 spiro atoms. The summed E-state index contributed by atoms with van der Waals surface area (Å²) in [7, 11) is 0. The number of hydrogen-bond acceptors (Lipinski definition) is 5. The monoisotopic (exact) mass is 374 g/mol. The molecule has 0 radical (unpaired) electrons. The van der Waals surface area contributed by atoms with Crippen LogP contribution >= 0.6 is 0 Å². The molecule has 0 aromatic heterocycles. The van der Waals surface area contributed by atoms with Crippen LogP contribution in [0.4, 0.5) is 4.79 Å². The van der Waals surface area contributed by atoms with Crippen LogP contribution in [0.25, 0.3) is 0 Å². The first-order chi connectivity index (χ1) is 13.0. The minimum Gasteiger partial charge on any atom is -0.491 e. The van der Waals surface area contributed by atoms with Crippen LogP contribution in [0, 0.1) is 0 Å². The van der Waals surface area contributed by atoms with Crippen molar-refractivity contribution in [2.75, 3.05) is 13.2 Å². The number of hydrogen-bond donors (Lipinski definition) is 2. The minimum absolute atomic E-state index is 0.0384. The van der Waals surface area contributed by atoms with Gasteiger partial charge in [0, 0.05) is 17.9 Å². The van der Waals surface area contributed by atoms with Gasteiger partial charge in [-0.3, -0.25) is 0 Å². The molecule has 0 aliphatic carbocycles. The van der Waals surface area contributed by atoms with Crippen molar-refractivity contribution in [1.82, 2.24) is 10.6 Å². The largest absolute Gasteiger partial charge is 0.491 e. The Hall–Kier alpha value is -2.54. The summed E-state index contributed by atoms with van der Waals surface area (Å²) in [5, 5.41) is 5.47. The van der Waals surface area contributed by atoms with E-state index in [9.17, 15) is 9.59 Å². The van der Waals surface area contributed by atoms with Gasteiger partial charge >= 0.3 is 12.0 Å². The maximum atomic E-state index is 12.8. The van der Waals surface area contributed by atoms with Crippen molar-refractivity contribution in [3.63, 3.8) is 0 Å². The molecule has 7 nitrogen and oxygen atoms in total. The highest BCUT2D eigenvalue weighted by molar-refractivity contribution is 5.95. The van der Waals surface area contributed by atoms with Gasteiger partial charge in [0.25, 0.3) is 0 Å². The third kappa shape index (κ3) is 4.60. The van der Waals surface area contributed by atoms with E-state index in [0.29, 0.717) is 29.2 Å². The van der Waals surface area contributed by atoms with Crippen LogP contribution in [-0.4, -0.2) is 37.4 Å². The lowest BCUT2D eigenvalue weighted by molar-refractivity contribution is -0.142. The average Bonchev–Trinajstić information content (AvgIpc) is 3.12. The fraction of sp³-hybridized carbons (Fsp3) is 0.500. The maximum Gasteiger partial charge on any atom is 0.338 e. The molecule has 7 heteroatoms. The van der Waals surface area contributed by atoms with Gasteiger partial charge in [-0.1, -0.05) is 18.2 Å². The normalized spacial score (nSPS) is 22.4. The second kappa shape index (κ2) is 8.43. The fourth-order valence-electron chi connectivity index (χ4n) is 3.30. The molecule has 2 N–H and O–H groups in total. The van der Waals surface area contributed by atoms with Crippen molar-refractivity contribution in [2.45, 2.75) is 51.9 Å². The van der Waals surface area contributed by atoms with Crippen LogP contribution < -0.4 is 15.4 Å². The Kier molecular flexibility index (Phi) is 6.01. The van der Waals surface area contributed by atoms with E-state index in [2.05, 4.69) is 10.6 Å². The molecule has 2 aliphatic heterocycles. The SMILES string of the molecule is CC1=C(C(=O)OC[C@@H]2CCCO2)[C@H](c2ccccc2OC(C)C)NC(=O)N1. The van der Waals surface area contributed by atoms with E-state index in [0.717, 1.165) is 12.8 Å². The average molecular weight is 374 g/mol. The molecule has 2 aliphatic rings. The Morgan fingerprint density at radius 3 is 2.81 bits per heavy atom. The van der Waals surface area contributed by atoms with E-state index >= 15 is 0 Å². The Morgan fingerprint density at radius 2 is 2.11 bits per heavy atom. The summed E-state index contributed by atoms with van der Waals surface area (Å²) in [4.78, 5) is 24.9. The summed E-state index contributed by atoms with van der Waals surface area (Å²) in [5.41, 5.74) is 1.55. The topological polar surface area (TPSA) is 85.9 Å². The lowest BCUT2D eigenvalue weighted by Crippen LogP contribution is -2.45. The quantitative estimate of drug-likeness (QED) is 0.748. The number of urea groups is 1. The van der Waals surface area contributed by atoms with Crippen LogP contribution in [0.2, 0.25) is 0 Å². The first kappa shape index (κ1) is 19.2. The number of nitrogens with one attached hydrogen (secondary N) is 2. The van der Waals surface area contributed by atoms with Gasteiger partial charge in [-0.25, -0.2) is 9.59 Å². The molecular formula is C20H26N2O5. The number of amides is 2. The summed E-state index contributed by atoms with van der Waals surface area (Å²) in [6.45, 7) is 6.45. The Labute approximate surface area is 159 Å². The summed E-state index contributed by atoms with van der Waals surface area (Å²) in [5.74, 6) is 0.150. The second-order valence-electron chi connectivity index (χ2n) is 7.01. The third-order valence-electron chi connectivity index (χ3n) is 4.51. The van der Waals surface area contributed by atoms with Gasteiger partial charge in [-0.2, -0.15) is 0 Å². The van der Waals surface area contributed by atoms with Crippen molar-refractivity contribution in [2.24, 2.45) is 0 Å². The highest BCUT2D eigenvalue weighted by Crippen LogP contribution is 2.34. The van der Waals surface area contributed by atoms with Crippen LogP contribution in [0.15, 0.2) is 35.5 Å². The van der Waals surface area contributed by atoms with Crippen molar-refractivity contribution in [3.8, 4) is 5.75 Å². The van der Waals surface area contributed by atoms with Gasteiger partial charge in [-0.05, 0) is 39.7 Å². The number of para-hydroxylation sites is 1. The third-order valence-corrected chi connectivity index (χ3v) is 4.51. The van der Waals surface area contributed by atoms with E-state index in [1.54, 1.807) is 6.92 Å². The molecule has 2 atom stereocenters. The number of allylic oxidation sites excluding steroid dienone is 1. The number of esters is 1. The van der Waals surface area contributed by atoms with Gasteiger partial charge in [-0.15, -0.1) is 0 Å². The zero-order valence-electron chi connectivity index (χ0n) is 15.9. The predicted molar refractivity (Wildman–Crippen MR) is 99.2 cm³/mol. The molecule has 2 amide bonds. The zero-order chi connectivity index (χ0) is 19.4. The van der Waals surface area contributed by atoms with Crippen LogP contribution in [0.1, 0.15) is 45.2 Å². The molecular weight excluding hydrogens is 348 g/mol. The van der Waals surface area contributed by atoms with Gasteiger partial charge in [0.05, 0.1) is 23.8 Å². The standard InChI is InChI=1S/C20H26N2O5/c1-12(2)27-16-9-5-4-8-15(16)18-17(13(3)21-20(24)22-18)19(23)26-11-14-7-6-10-25-14/h4-5,8-9,12,14,18H,6-7,10-11H2,1-3H3,(H2,21,22,24)/t14-,18-/m0/s1. The van der Waals surface area contributed by atoms with Crippen molar-refractivity contribution >= 4 is 12.0 Å². The van der Waals surface area contributed by atoms with Crippen molar-refractivity contribution in [3.05, 3.63) is 41.1 Å². The zero-order valence-corrected chi connectivity index (χ0v) is 15.9. The van der Waals surface area contributed by atoms with E-state index < -0.39 is 12.0 Å². The van der Waals surface area contributed by atoms with Gasteiger partial charge in [0.2, 0.25) is 0 Å². The Balaban J connectivity index is 1.86. The maximum absolute atomic E-state index is 12.8. The molecule has 0 saturated carbocycles.